The molecule has 128 valence electrons. The molecular formula is C16H22O7. The Labute approximate surface area is 134 Å². The highest BCUT2D eigenvalue weighted by Gasteiger charge is 2.70. The highest BCUT2D eigenvalue weighted by atomic mass is 17.3. The van der Waals surface area contributed by atoms with Gasteiger partial charge >= 0.3 is 11.9 Å². The highest BCUT2D eigenvalue weighted by Crippen LogP contribution is 2.60. The van der Waals surface area contributed by atoms with Crippen LogP contribution in [0.15, 0.2) is 0 Å². The number of aliphatic carboxylic acids is 1. The van der Waals surface area contributed by atoms with Crippen LogP contribution in [0.2, 0.25) is 0 Å². The molecule has 5 aliphatic rings. The third kappa shape index (κ3) is 2.06. The lowest BCUT2D eigenvalue weighted by atomic mass is 9.57. The second-order valence-corrected chi connectivity index (χ2v) is 7.55. The standard InChI is InChI=1S/C16H22O7/c1-8-3-4-11-9(7-12(17)18)13(19)20-14-16(11)10(8)5-6-15(2,21-14)22-23-16/h8-11,14H,3-7H2,1-2H3,(H,17,18)/t8-,9-,10+,11+,14-,15-,16-/m1/s1. The fourth-order valence-corrected chi connectivity index (χ4v) is 5.03. The molecule has 0 aromatic carbocycles. The van der Waals surface area contributed by atoms with Crippen LogP contribution in [0.5, 0.6) is 0 Å². The van der Waals surface area contributed by atoms with Crippen molar-refractivity contribution in [1.82, 2.24) is 0 Å². The topological polar surface area (TPSA) is 91.3 Å². The second kappa shape index (κ2) is 4.91. The Bertz CT molecular complexity index is 549. The number of rotatable bonds is 2. The van der Waals surface area contributed by atoms with Crippen LogP contribution in [-0.4, -0.2) is 34.7 Å². The quantitative estimate of drug-likeness (QED) is 0.611. The molecule has 1 N–H and O–H groups in total. The molecule has 0 unspecified atom stereocenters. The van der Waals surface area contributed by atoms with Crippen molar-refractivity contribution in [1.29, 1.82) is 0 Å². The minimum atomic E-state index is -1.01. The first kappa shape index (κ1) is 15.4. The summed E-state index contributed by atoms with van der Waals surface area (Å²) >= 11 is 0. The summed E-state index contributed by atoms with van der Waals surface area (Å²) in [5, 5.41) is 9.18. The van der Waals surface area contributed by atoms with Gasteiger partial charge in [-0.2, -0.15) is 0 Å². The molecule has 1 aliphatic carbocycles. The van der Waals surface area contributed by atoms with Crippen LogP contribution >= 0.6 is 0 Å². The Hall–Kier alpha value is -1.18. The maximum atomic E-state index is 12.4. The zero-order chi connectivity index (χ0) is 16.4. The predicted molar refractivity (Wildman–Crippen MR) is 74.6 cm³/mol. The first-order valence-electron chi connectivity index (χ1n) is 8.33. The first-order valence-corrected chi connectivity index (χ1v) is 8.33. The Kier molecular flexibility index (Phi) is 3.28. The summed E-state index contributed by atoms with van der Waals surface area (Å²) in [6.45, 7) is 3.95. The van der Waals surface area contributed by atoms with Gasteiger partial charge in [-0.15, -0.1) is 0 Å². The second-order valence-electron chi connectivity index (χ2n) is 7.55. The van der Waals surface area contributed by atoms with Gasteiger partial charge < -0.3 is 14.6 Å². The predicted octanol–water partition coefficient (Wildman–Crippen LogP) is 1.85. The Balaban J connectivity index is 1.79. The molecule has 2 bridgehead atoms. The van der Waals surface area contributed by atoms with E-state index in [0.717, 1.165) is 12.8 Å². The monoisotopic (exact) mass is 326 g/mol. The van der Waals surface area contributed by atoms with Crippen molar-refractivity contribution in [3.8, 4) is 0 Å². The molecule has 0 aromatic heterocycles. The molecule has 4 saturated heterocycles. The SMILES string of the molecule is C[C@@H]1CC[C@H]2[C@@H](CC(=O)O)C(=O)O[C@@H]3O[C@@]4(C)CC[C@@H]1[C@]32OO4. The number of esters is 1. The molecule has 23 heavy (non-hydrogen) atoms. The molecule has 0 radical (unpaired) electrons. The van der Waals surface area contributed by atoms with Gasteiger partial charge in [0.05, 0.1) is 12.3 Å². The van der Waals surface area contributed by atoms with Crippen molar-refractivity contribution in [2.24, 2.45) is 23.7 Å². The lowest BCUT2D eigenvalue weighted by molar-refractivity contribution is -0.559. The fraction of sp³-hybridized carbons (Fsp3) is 0.875. The number of carbonyl (C=O) groups excluding carboxylic acids is 1. The molecule has 0 aromatic rings. The van der Waals surface area contributed by atoms with E-state index in [9.17, 15) is 14.7 Å². The molecule has 7 heteroatoms. The van der Waals surface area contributed by atoms with Gasteiger partial charge in [0, 0.05) is 18.3 Å². The number of carbonyl (C=O) groups is 2. The summed E-state index contributed by atoms with van der Waals surface area (Å²) < 4.78 is 11.5. The van der Waals surface area contributed by atoms with Crippen molar-refractivity contribution >= 4 is 11.9 Å². The number of fused-ring (bicyclic) bond motifs is 2. The summed E-state index contributed by atoms with van der Waals surface area (Å²) in [7, 11) is 0. The zero-order valence-corrected chi connectivity index (χ0v) is 13.3. The molecule has 1 saturated carbocycles. The summed E-state index contributed by atoms with van der Waals surface area (Å²) in [5.74, 6) is -2.89. The molecule has 1 spiro atoms. The smallest absolute Gasteiger partial charge is 0.312 e. The number of ether oxygens (including phenoxy) is 2. The Morgan fingerprint density at radius 3 is 2.78 bits per heavy atom. The van der Waals surface area contributed by atoms with Gasteiger partial charge in [0.2, 0.25) is 12.1 Å². The molecule has 4 heterocycles. The lowest BCUT2D eigenvalue weighted by Crippen LogP contribution is -2.70. The molecule has 4 aliphatic heterocycles. The van der Waals surface area contributed by atoms with Gasteiger partial charge in [-0.25, -0.2) is 9.78 Å². The van der Waals surface area contributed by atoms with Gasteiger partial charge in [-0.3, -0.25) is 9.59 Å². The summed E-state index contributed by atoms with van der Waals surface area (Å²) in [6.07, 6.45) is 2.09. The summed E-state index contributed by atoms with van der Waals surface area (Å²) in [4.78, 5) is 35.1. The molecule has 5 rings (SSSR count). The third-order valence-electron chi connectivity index (χ3n) is 6.18. The van der Waals surface area contributed by atoms with Crippen LogP contribution in [0, 0.1) is 23.7 Å². The summed E-state index contributed by atoms with van der Waals surface area (Å²) in [6, 6.07) is 0. The number of carboxylic acid groups (broad SMARTS) is 1. The van der Waals surface area contributed by atoms with E-state index < -0.39 is 35.5 Å². The minimum Gasteiger partial charge on any atom is -0.481 e. The number of carboxylic acids is 1. The van der Waals surface area contributed by atoms with Crippen LogP contribution in [0.25, 0.3) is 0 Å². The van der Waals surface area contributed by atoms with E-state index >= 15 is 0 Å². The van der Waals surface area contributed by atoms with Crippen molar-refractivity contribution < 1.29 is 33.9 Å². The third-order valence-corrected chi connectivity index (χ3v) is 6.18. The first-order chi connectivity index (χ1) is 10.9. The maximum Gasteiger partial charge on any atom is 0.312 e. The van der Waals surface area contributed by atoms with Crippen LogP contribution in [0.4, 0.5) is 0 Å². The number of hydrogen-bond donors (Lipinski definition) is 1. The van der Waals surface area contributed by atoms with E-state index in [1.165, 1.54) is 0 Å². The van der Waals surface area contributed by atoms with Crippen molar-refractivity contribution in [2.75, 3.05) is 0 Å². The van der Waals surface area contributed by atoms with Gasteiger partial charge in [-0.05, 0) is 32.1 Å². The van der Waals surface area contributed by atoms with Gasteiger partial charge in [0.1, 0.15) is 0 Å². The highest BCUT2D eigenvalue weighted by molar-refractivity contribution is 5.80. The molecule has 7 atom stereocenters. The minimum absolute atomic E-state index is 0.125. The molecule has 5 fully saturated rings. The lowest BCUT2D eigenvalue weighted by Gasteiger charge is -2.58. The van der Waals surface area contributed by atoms with Crippen molar-refractivity contribution in [2.45, 2.75) is 63.6 Å². The van der Waals surface area contributed by atoms with Crippen LogP contribution in [0.1, 0.15) is 46.0 Å². The fourth-order valence-electron chi connectivity index (χ4n) is 5.03. The Morgan fingerprint density at radius 2 is 2.04 bits per heavy atom. The average Bonchev–Trinajstić information content (AvgIpc) is 2.70. The normalized spacial score (nSPS) is 51.6. The van der Waals surface area contributed by atoms with Gasteiger partial charge in [0.25, 0.3) is 0 Å². The van der Waals surface area contributed by atoms with Crippen LogP contribution in [0.3, 0.4) is 0 Å². The zero-order valence-electron chi connectivity index (χ0n) is 13.3. The maximum absolute atomic E-state index is 12.4. The van der Waals surface area contributed by atoms with Crippen molar-refractivity contribution in [3.05, 3.63) is 0 Å². The average molecular weight is 326 g/mol. The van der Waals surface area contributed by atoms with E-state index in [1.807, 2.05) is 0 Å². The van der Waals surface area contributed by atoms with E-state index in [1.54, 1.807) is 6.92 Å². The Morgan fingerprint density at radius 1 is 1.26 bits per heavy atom. The number of hydrogen-bond acceptors (Lipinski definition) is 6. The van der Waals surface area contributed by atoms with Crippen LogP contribution in [-0.2, 0) is 28.8 Å². The van der Waals surface area contributed by atoms with E-state index in [2.05, 4.69) is 6.92 Å². The van der Waals surface area contributed by atoms with E-state index in [4.69, 9.17) is 19.2 Å². The largest absolute Gasteiger partial charge is 0.481 e. The van der Waals surface area contributed by atoms with E-state index in [-0.39, 0.29) is 18.3 Å². The van der Waals surface area contributed by atoms with Gasteiger partial charge in [-0.1, -0.05) is 6.92 Å². The molecule has 0 amide bonds. The van der Waals surface area contributed by atoms with E-state index in [0.29, 0.717) is 18.8 Å². The van der Waals surface area contributed by atoms with Gasteiger partial charge in [0.15, 0.2) is 5.60 Å². The molecule has 7 nitrogen and oxygen atoms in total. The summed E-state index contributed by atoms with van der Waals surface area (Å²) in [5.41, 5.74) is -0.887. The van der Waals surface area contributed by atoms with Crippen molar-refractivity contribution in [3.63, 3.8) is 0 Å². The molecular weight excluding hydrogens is 304 g/mol. The van der Waals surface area contributed by atoms with Crippen LogP contribution < -0.4 is 0 Å².